The normalized spacial score (nSPS) is 11.4. The lowest BCUT2D eigenvalue weighted by Gasteiger charge is -2.38. The summed E-state index contributed by atoms with van der Waals surface area (Å²) in [6.45, 7) is 11.1. The SMILES string of the molecule is C=CCN(c1ccc(Br)cc1CO)C(C)(C)C. The summed E-state index contributed by atoms with van der Waals surface area (Å²) in [6.07, 6.45) is 1.88. The van der Waals surface area contributed by atoms with Crippen LogP contribution in [0.5, 0.6) is 0 Å². The van der Waals surface area contributed by atoms with Crippen LogP contribution < -0.4 is 4.90 Å². The maximum Gasteiger partial charge on any atom is 0.0702 e. The summed E-state index contributed by atoms with van der Waals surface area (Å²) in [4.78, 5) is 2.23. The van der Waals surface area contributed by atoms with Crippen LogP contribution in [-0.4, -0.2) is 17.2 Å². The van der Waals surface area contributed by atoms with E-state index in [1.54, 1.807) is 0 Å². The second-order valence-electron chi connectivity index (χ2n) is 5.00. The minimum absolute atomic E-state index is 0.00800. The molecule has 0 aromatic heterocycles. The summed E-state index contributed by atoms with van der Waals surface area (Å²) < 4.78 is 0.984. The second kappa shape index (κ2) is 5.69. The molecule has 0 radical (unpaired) electrons. The summed E-state index contributed by atoms with van der Waals surface area (Å²) in [7, 11) is 0. The van der Waals surface area contributed by atoms with E-state index >= 15 is 0 Å². The minimum Gasteiger partial charge on any atom is -0.392 e. The molecular weight excluding hydrogens is 278 g/mol. The molecule has 0 aliphatic rings. The summed E-state index contributed by atoms with van der Waals surface area (Å²) in [5.41, 5.74) is 1.98. The molecule has 0 amide bonds. The molecule has 0 saturated carbocycles. The van der Waals surface area contributed by atoms with Crippen LogP contribution in [0.4, 0.5) is 5.69 Å². The van der Waals surface area contributed by atoms with E-state index < -0.39 is 0 Å². The average Bonchev–Trinajstić information content (AvgIpc) is 2.25. The molecule has 0 aliphatic carbocycles. The van der Waals surface area contributed by atoms with E-state index in [2.05, 4.69) is 48.2 Å². The minimum atomic E-state index is -0.00800. The molecule has 94 valence electrons. The van der Waals surface area contributed by atoms with Crippen molar-refractivity contribution >= 4 is 21.6 Å². The largest absolute Gasteiger partial charge is 0.392 e. The van der Waals surface area contributed by atoms with Crippen LogP contribution in [-0.2, 0) is 6.61 Å². The molecule has 1 aromatic carbocycles. The monoisotopic (exact) mass is 297 g/mol. The number of rotatable bonds is 4. The van der Waals surface area contributed by atoms with Gasteiger partial charge in [-0.1, -0.05) is 22.0 Å². The number of halogens is 1. The maximum atomic E-state index is 9.45. The third kappa shape index (κ3) is 3.58. The first kappa shape index (κ1) is 14.3. The number of hydrogen-bond donors (Lipinski definition) is 1. The van der Waals surface area contributed by atoms with Crippen LogP contribution in [0.15, 0.2) is 35.3 Å². The summed E-state index contributed by atoms with van der Waals surface area (Å²) in [5.74, 6) is 0. The number of hydrogen-bond acceptors (Lipinski definition) is 2. The molecular formula is C14H20BrNO. The van der Waals surface area contributed by atoms with Gasteiger partial charge in [-0.15, -0.1) is 6.58 Å². The van der Waals surface area contributed by atoms with Crippen molar-refractivity contribution in [1.82, 2.24) is 0 Å². The smallest absolute Gasteiger partial charge is 0.0702 e. The zero-order valence-electron chi connectivity index (χ0n) is 10.7. The summed E-state index contributed by atoms with van der Waals surface area (Å²) in [5, 5.41) is 9.45. The first-order valence-electron chi connectivity index (χ1n) is 5.68. The van der Waals surface area contributed by atoms with Crippen molar-refractivity contribution in [3.8, 4) is 0 Å². The average molecular weight is 298 g/mol. The van der Waals surface area contributed by atoms with Gasteiger partial charge in [-0.3, -0.25) is 0 Å². The number of aliphatic hydroxyl groups excluding tert-OH is 1. The molecule has 0 bridgehead atoms. The standard InChI is InChI=1S/C14H20BrNO/c1-5-8-16(14(2,3)4)13-7-6-12(15)9-11(13)10-17/h5-7,9,17H,1,8,10H2,2-4H3. The lowest BCUT2D eigenvalue weighted by Crippen LogP contribution is -2.42. The third-order valence-electron chi connectivity index (χ3n) is 2.62. The van der Waals surface area contributed by atoms with Gasteiger partial charge in [-0.2, -0.15) is 0 Å². The Morgan fingerprint density at radius 1 is 1.41 bits per heavy atom. The number of aliphatic hydroxyl groups is 1. The molecule has 0 saturated heterocycles. The van der Waals surface area contributed by atoms with Crippen LogP contribution in [0, 0.1) is 0 Å². The van der Waals surface area contributed by atoms with Gasteiger partial charge in [-0.05, 0) is 39.0 Å². The fourth-order valence-corrected chi connectivity index (χ4v) is 2.22. The number of benzene rings is 1. The van der Waals surface area contributed by atoms with Crippen molar-refractivity contribution in [3.05, 3.63) is 40.9 Å². The molecule has 0 heterocycles. The van der Waals surface area contributed by atoms with Gasteiger partial charge < -0.3 is 10.0 Å². The Labute approximate surface area is 112 Å². The van der Waals surface area contributed by atoms with E-state index in [9.17, 15) is 5.11 Å². The Morgan fingerprint density at radius 2 is 2.06 bits per heavy atom. The molecule has 0 spiro atoms. The van der Waals surface area contributed by atoms with Crippen LogP contribution >= 0.6 is 15.9 Å². The van der Waals surface area contributed by atoms with Crippen molar-refractivity contribution in [3.63, 3.8) is 0 Å². The van der Waals surface area contributed by atoms with E-state index in [4.69, 9.17) is 0 Å². The zero-order valence-corrected chi connectivity index (χ0v) is 12.3. The quantitative estimate of drug-likeness (QED) is 0.856. The number of anilines is 1. The highest BCUT2D eigenvalue weighted by Crippen LogP contribution is 2.29. The van der Waals surface area contributed by atoms with E-state index in [0.29, 0.717) is 0 Å². The van der Waals surface area contributed by atoms with Gasteiger partial charge >= 0.3 is 0 Å². The molecule has 0 aliphatic heterocycles. The summed E-state index contributed by atoms with van der Waals surface area (Å²) >= 11 is 3.43. The van der Waals surface area contributed by atoms with Crippen LogP contribution in [0.1, 0.15) is 26.3 Å². The van der Waals surface area contributed by atoms with Crippen LogP contribution in [0.25, 0.3) is 0 Å². The van der Waals surface area contributed by atoms with Crippen LogP contribution in [0.3, 0.4) is 0 Å². The molecule has 0 fully saturated rings. The van der Waals surface area contributed by atoms with Crippen molar-refractivity contribution in [2.45, 2.75) is 32.9 Å². The third-order valence-corrected chi connectivity index (χ3v) is 3.12. The van der Waals surface area contributed by atoms with Crippen molar-refractivity contribution in [2.75, 3.05) is 11.4 Å². The molecule has 1 aromatic rings. The van der Waals surface area contributed by atoms with Gasteiger partial charge in [0, 0.05) is 27.8 Å². The first-order valence-corrected chi connectivity index (χ1v) is 6.47. The maximum absolute atomic E-state index is 9.45. The lowest BCUT2D eigenvalue weighted by molar-refractivity contribution is 0.281. The summed E-state index contributed by atoms with van der Waals surface area (Å²) in [6, 6.07) is 5.98. The van der Waals surface area contributed by atoms with E-state index in [1.165, 1.54) is 0 Å². The van der Waals surface area contributed by atoms with E-state index in [0.717, 1.165) is 22.3 Å². The van der Waals surface area contributed by atoms with Gasteiger partial charge in [0.25, 0.3) is 0 Å². The molecule has 1 rings (SSSR count). The van der Waals surface area contributed by atoms with Gasteiger partial charge in [0.15, 0.2) is 0 Å². The van der Waals surface area contributed by atoms with Gasteiger partial charge in [0.1, 0.15) is 0 Å². The lowest BCUT2D eigenvalue weighted by atomic mass is 10.0. The Morgan fingerprint density at radius 3 is 2.53 bits per heavy atom. The van der Waals surface area contributed by atoms with E-state index in [-0.39, 0.29) is 12.1 Å². The van der Waals surface area contributed by atoms with Gasteiger partial charge in [0.2, 0.25) is 0 Å². The molecule has 0 atom stereocenters. The highest BCUT2D eigenvalue weighted by molar-refractivity contribution is 9.10. The first-order chi connectivity index (χ1) is 7.90. The highest BCUT2D eigenvalue weighted by atomic mass is 79.9. The fourth-order valence-electron chi connectivity index (χ4n) is 1.81. The second-order valence-corrected chi connectivity index (χ2v) is 5.92. The van der Waals surface area contributed by atoms with E-state index in [1.807, 2.05) is 24.3 Å². The molecule has 3 heteroatoms. The van der Waals surface area contributed by atoms with Crippen molar-refractivity contribution in [1.29, 1.82) is 0 Å². The Bertz CT molecular complexity index is 396. The Balaban J connectivity index is 3.22. The van der Waals surface area contributed by atoms with Crippen molar-refractivity contribution in [2.24, 2.45) is 0 Å². The Kier molecular flexibility index (Phi) is 4.78. The van der Waals surface area contributed by atoms with Crippen LogP contribution in [0.2, 0.25) is 0 Å². The highest BCUT2D eigenvalue weighted by Gasteiger charge is 2.22. The zero-order chi connectivity index (χ0) is 13.1. The van der Waals surface area contributed by atoms with Crippen molar-refractivity contribution < 1.29 is 5.11 Å². The Hall–Kier alpha value is -0.800. The molecule has 1 N–H and O–H groups in total. The number of nitrogens with zero attached hydrogens (tertiary/aromatic N) is 1. The fraction of sp³-hybridized carbons (Fsp3) is 0.429. The van der Waals surface area contributed by atoms with Gasteiger partial charge in [-0.25, -0.2) is 0 Å². The van der Waals surface area contributed by atoms with Gasteiger partial charge in [0.05, 0.1) is 6.61 Å². The topological polar surface area (TPSA) is 23.5 Å². The predicted octanol–water partition coefficient (Wildman–Crippen LogP) is 3.73. The molecule has 0 unspecified atom stereocenters. The molecule has 2 nitrogen and oxygen atoms in total. The molecule has 17 heavy (non-hydrogen) atoms. The predicted molar refractivity (Wildman–Crippen MR) is 77.4 cm³/mol.